The van der Waals surface area contributed by atoms with Gasteiger partial charge in [0, 0.05) is 19.4 Å². The van der Waals surface area contributed by atoms with Crippen molar-refractivity contribution < 1.29 is 4.42 Å². The Morgan fingerprint density at radius 3 is 3.10 bits per heavy atom. The Kier molecular flexibility index (Phi) is 4.02. The number of nitrogens with zero attached hydrogens (tertiary/aromatic N) is 2. The van der Waals surface area contributed by atoms with Gasteiger partial charge in [0.05, 0.1) is 6.26 Å². The van der Waals surface area contributed by atoms with Crippen LogP contribution in [0.25, 0.3) is 0 Å². The number of allylic oxidation sites excluding steroid dienone is 2. The van der Waals surface area contributed by atoms with Crippen LogP contribution in [-0.2, 0) is 7.05 Å². The summed E-state index contributed by atoms with van der Waals surface area (Å²) in [5, 5.41) is 3.62. The van der Waals surface area contributed by atoms with E-state index in [1.165, 1.54) is 19.3 Å². The van der Waals surface area contributed by atoms with Gasteiger partial charge in [0.25, 0.3) is 0 Å². The Hall–Kier alpha value is -1.81. The van der Waals surface area contributed by atoms with Gasteiger partial charge < -0.3 is 14.3 Å². The Labute approximate surface area is 119 Å². The third-order valence-electron chi connectivity index (χ3n) is 3.93. The minimum atomic E-state index is 0.0240. The zero-order valence-corrected chi connectivity index (χ0v) is 11.8. The van der Waals surface area contributed by atoms with Crippen LogP contribution in [0.3, 0.4) is 0 Å². The number of hydrogen-bond acceptors (Lipinski definition) is 3. The van der Waals surface area contributed by atoms with Crippen LogP contribution in [0.4, 0.5) is 0 Å². The molecule has 0 aliphatic heterocycles. The van der Waals surface area contributed by atoms with Gasteiger partial charge in [-0.2, -0.15) is 0 Å². The summed E-state index contributed by atoms with van der Waals surface area (Å²) in [5.41, 5.74) is 0. The van der Waals surface area contributed by atoms with E-state index < -0.39 is 0 Å². The third-order valence-corrected chi connectivity index (χ3v) is 3.93. The van der Waals surface area contributed by atoms with Crippen molar-refractivity contribution in [3.8, 4) is 0 Å². The summed E-state index contributed by atoms with van der Waals surface area (Å²) < 4.78 is 7.63. The highest BCUT2D eigenvalue weighted by molar-refractivity contribution is 5.15. The normalized spacial score (nSPS) is 20.1. The summed E-state index contributed by atoms with van der Waals surface area (Å²) in [6, 6.07) is 3.96. The number of nitrogens with one attached hydrogen (secondary N) is 1. The summed E-state index contributed by atoms with van der Waals surface area (Å²) in [5.74, 6) is 2.62. The van der Waals surface area contributed by atoms with Gasteiger partial charge in [-0.1, -0.05) is 12.2 Å². The van der Waals surface area contributed by atoms with E-state index in [2.05, 4.69) is 22.5 Å². The number of imidazole rings is 1. The molecule has 2 aromatic rings. The minimum Gasteiger partial charge on any atom is -0.467 e. The quantitative estimate of drug-likeness (QED) is 0.850. The monoisotopic (exact) mass is 271 g/mol. The molecule has 0 saturated carbocycles. The number of rotatable bonds is 5. The standard InChI is InChI=1S/C16H21N3O/c1-19-10-9-17-16(19)15(14-8-5-11-20-14)18-12-13-6-3-2-4-7-13/h2-3,5,8-11,13,15,18H,4,6-7,12H2,1H3. The second kappa shape index (κ2) is 6.09. The molecule has 2 heterocycles. The average molecular weight is 271 g/mol. The summed E-state index contributed by atoms with van der Waals surface area (Å²) in [4.78, 5) is 4.46. The fraction of sp³-hybridized carbons (Fsp3) is 0.438. The lowest BCUT2D eigenvalue weighted by Crippen LogP contribution is -2.30. The zero-order valence-electron chi connectivity index (χ0n) is 11.8. The predicted octanol–water partition coefficient (Wildman–Crippen LogP) is 3.05. The van der Waals surface area contributed by atoms with E-state index in [-0.39, 0.29) is 6.04 Å². The highest BCUT2D eigenvalue weighted by atomic mass is 16.3. The first-order chi connectivity index (χ1) is 9.84. The van der Waals surface area contributed by atoms with Crippen molar-refractivity contribution >= 4 is 0 Å². The van der Waals surface area contributed by atoms with Crippen LogP contribution < -0.4 is 5.32 Å². The van der Waals surface area contributed by atoms with Crippen LogP contribution in [0.2, 0.25) is 0 Å². The van der Waals surface area contributed by atoms with E-state index in [4.69, 9.17) is 4.42 Å². The molecule has 20 heavy (non-hydrogen) atoms. The molecule has 0 bridgehead atoms. The lowest BCUT2D eigenvalue weighted by atomic mass is 9.94. The molecule has 2 atom stereocenters. The molecule has 106 valence electrons. The molecule has 2 aromatic heterocycles. The third kappa shape index (κ3) is 2.85. The van der Waals surface area contributed by atoms with Gasteiger partial charge >= 0.3 is 0 Å². The van der Waals surface area contributed by atoms with E-state index in [9.17, 15) is 0 Å². The Morgan fingerprint density at radius 1 is 1.50 bits per heavy atom. The molecular weight excluding hydrogens is 250 g/mol. The Balaban J connectivity index is 1.73. The summed E-state index contributed by atoms with van der Waals surface area (Å²) >= 11 is 0. The van der Waals surface area contributed by atoms with Crippen LogP contribution in [0.1, 0.15) is 36.9 Å². The zero-order chi connectivity index (χ0) is 13.8. The highest BCUT2D eigenvalue weighted by Crippen LogP contribution is 2.23. The first-order valence-electron chi connectivity index (χ1n) is 7.23. The van der Waals surface area contributed by atoms with E-state index >= 15 is 0 Å². The predicted molar refractivity (Wildman–Crippen MR) is 78.2 cm³/mol. The second-order valence-corrected chi connectivity index (χ2v) is 5.40. The number of furan rings is 1. The molecule has 4 heteroatoms. The molecule has 1 N–H and O–H groups in total. The second-order valence-electron chi connectivity index (χ2n) is 5.40. The molecule has 0 fully saturated rings. The molecule has 0 aromatic carbocycles. The molecule has 4 nitrogen and oxygen atoms in total. The van der Waals surface area contributed by atoms with Crippen molar-refractivity contribution in [1.82, 2.24) is 14.9 Å². The van der Waals surface area contributed by atoms with Crippen LogP contribution in [-0.4, -0.2) is 16.1 Å². The van der Waals surface area contributed by atoms with Crippen LogP contribution in [0.5, 0.6) is 0 Å². The SMILES string of the molecule is Cn1ccnc1C(NCC1CC=CCC1)c1ccco1. The number of aromatic nitrogens is 2. The van der Waals surface area contributed by atoms with Crippen molar-refractivity contribution in [2.24, 2.45) is 13.0 Å². The van der Waals surface area contributed by atoms with Gasteiger partial charge in [-0.15, -0.1) is 0 Å². The van der Waals surface area contributed by atoms with Crippen molar-refractivity contribution in [3.63, 3.8) is 0 Å². The largest absolute Gasteiger partial charge is 0.467 e. The fourth-order valence-electron chi connectivity index (χ4n) is 2.76. The lowest BCUT2D eigenvalue weighted by Gasteiger charge is -2.22. The van der Waals surface area contributed by atoms with Gasteiger partial charge in [0.2, 0.25) is 0 Å². The van der Waals surface area contributed by atoms with Gasteiger partial charge in [0.15, 0.2) is 0 Å². The van der Waals surface area contributed by atoms with Gasteiger partial charge in [-0.25, -0.2) is 4.98 Å². The molecule has 2 unspecified atom stereocenters. The number of hydrogen-bond donors (Lipinski definition) is 1. The molecule has 1 aliphatic rings. The van der Waals surface area contributed by atoms with Crippen LogP contribution >= 0.6 is 0 Å². The van der Waals surface area contributed by atoms with Gasteiger partial charge in [-0.3, -0.25) is 0 Å². The first kappa shape index (κ1) is 13.2. The molecular formula is C16H21N3O. The van der Waals surface area contributed by atoms with Crippen molar-refractivity contribution in [1.29, 1.82) is 0 Å². The Bertz CT molecular complexity index is 556. The first-order valence-corrected chi connectivity index (χ1v) is 7.23. The van der Waals surface area contributed by atoms with Crippen molar-refractivity contribution in [2.75, 3.05) is 6.54 Å². The van der Waals surface area contributed by atoms with Crippen LogP contribution in [0, 0.1) is 5.92 Å². The van der Waals surface area contributed by atoms with E-state index in [0.717, 1.165) is 18.1 Å². The molecule has 0 saturated heterocycles. The molecule has 0 amide bonds. The maximum Gasteiger partial charge on any atom is 0.133 e. The summed E-state index contributed by atoms with van der Waals surface area (Å²) in [7, 11) is 2.02. The number of aryl methyl sites for hydroxylation is 1. The highest BCUT2D eigenvalue weighted by Gasteiger charge is 2.22. The smallest absolute Gasteiger partial charge is 0.133 e. The molecule has 3 rings (SSSR count). The topological polar surface area (TPSA) is 43.0 Å². The van der Waals surface area contributed by atoms with E-state index in [1.54, 1.807) is 6.26 Å². The summed E-state index contributed by atoms with van der Waals surface area (Å²) in [6.45, 7) is 0.989. The maximum absolute atomic E-state index is 5.58. The lowest BCUT2D eigenvalue weighted by molar-refractivity contribution is 0.379. The Morgan fingerprint density at radius 2 is 2.45 bits per heavy atom. The van der Waals surface area contributed by atoms with E-state index in [1.807, 2.05) is 36.1 Å². The van der Waals surface area contributed by atoms with E-state index in [0.29, 0.717) is 5.92 Å². The minimum absolute atomic E-state index is 0.0240. The van der Waals surface area contributed by atoms with Crippen molar-refractivity contribution in [2.45, 2.75) is 25.3 Å². The van der Waals surface area contributed by atoms with Crippen LogP contribution in [0.15, 0.2) is 47.4 Å². The van der Waals surface area contributed by atoms with Gasteiger partial charge in [0.1, 0.15) is 17.6 Å². The van der Waals surface area contributed by atoms with Crippen molar-refractivity contribution in [3.05, 3.63) is 54.5 Å². The molecule has 0 radical (unpaired) electrons. The van der Waals surface area contributed by atoms with Gasteiger partial charge in [-0.05, 0) is 43.9 Å². The maximum atomic E-state index is 5.58. The average Bonchev–Trinajstić information content (AvgIpc) is 3.13. The molecule has 1 aliphatic carbocycles. The fourth-order valence-corrected chi connectivity index (χ4v) is 2.76. The molecule has 0 spiro atoms. The summed E-state index contributed by atoms with van der Waals surface area (Å²) in [6.07, 6.45) is 13.7.